The maximum Gasteiger partial charge on any atom is 0.187 e. The van der Waals surface area contributed by atoms with Gasteiger partial charge < -0.3 is 5.32 Å². The normalized spacial score (nSPS) is 10.8. The van der Waals surface area contributed by atoms with Gasteiger partial charge in [-0.05, 0) is 49.7 Å². The van der Waals surface area contributed by atoms with Crippen LogP contribution in [0.4, 0.5) is 5.69 Å². The van der Waals surface area contributed by atoms with Gasteiger partial charge in [0.15, 0.2) is 5.78 Å². The number of carbonyl (C=O) groups excluding carboxylic acids is 1. The van der Waals surface area contributed by atoms with Crippen LogP contribution in [0.25, 0.3) is 0 Å². The first kappa shape index (κ1) is 14.4. The largest absolute Gasteiger partial charge is 0.362 e. The van der Waals surface area contributed by atoms with E-state index in [4.69, 9.17) is 11.6 Å². The Morgan fingerprint density at radius 2 is 1.80 bits per heavy atom. The van der Waals surface area contributed by atoms with Crippen LogP contribution < -0.4 is 5.32 Å². The molecule has 2 nitrogen and oxygen atoms in total. The van der Waals surface area contributed by atoms with Crippen molar-refractivity contribution in [3.8, 4) is 0 Å². The van der Waals surface area contributed by atoms with Gasteiger partial charge in [0.1, 0.15) is 0 Å². The summed E-state index contributed by atoms with van der Waals surface area (Å²) in [6.07, 6.45) is 3.18. The smallest absolute Gasteiger partial charge is 0.187 e. The third kappa shape index (κ3) is 3.72. The molecule has 0 aromatic heterocycles. The van der Waals surface area contributed by atoms with Crippen molar-refractivity contribution in [2.75, 3.05) is 5.32 Å². The van der Waals surface area contributed by atoms with Gasteiger partial charge in [-0.25, -0.2) is 0 Å². The molecule has 0 spiro atoms. The highest BCUT2D eigenvalue weighted by Gasteiger charge is 2.05. The SMILES string of the molecule is Cc1ccc(C)c(C(=O)/C=C/Nc2ccc(Cl)cc2)c1. The first-order valence-corrected chi connectivity index (χ1v) is 6.74. The fourth-order valence-corrected chi connectivity index (χ4v) is 1.98. The molecule has 0 bridgehead atoms. The van der Waals surface area contributed by atoms with E-state index < -0.39 is 0 Å². The second kappa shape index (κ2) is 6.40. The number of halogens is 1. The van der Waals surface area contributed by atoms with Gasteiger partial charge >= 0.3 is 0 Å². The topological polar surface area (TPSA) is 29.1 Å². The summed E-state index contributed by atoms with van der Waals surface area (Å²) >= 11 is 5.81. The van der Waals surface area contributed by atoms with E-state index in [0.717, 1.165) is 22.4 Å². The second-order valence-electron chi connectivity index (χ2n) is 4.67. The van der Waals surface area contributed by atoms with Crippen LogP contribution in [0, 0.1) is 13.8 Å². The average Bonchev–Trinajstić information content (AvgIpc) is 2.43. The van der Waals surface area contributed by atoms with Crippen LogP contribution in [0.1, 0.15) is 21.5 Å². The van der Waals surface area contributed by atoms with Crippen molar-refractivity contribution in [2.45, 2.75) is 13.8 Å². The number of rotatable bonds is 4. The van der Waals surface area contributed by atoms with Crippen LogP contribution in [0.2, 0.25) is 5.02 Å². The highest BCUT2D eigenvalue weighted by atomic mass is 35.5. The Labute approximate surface area is 124 Å². The molecule has 20 heavy (non-hydrogen) atoms. The van der Waals surface area contributed by atoms with Gasteiger partial charge in [-0.2, -0.15) is 0 Å². The molecule has 0 radical (unpaired) electrons. The van der Waals surface area contributed by atoms with Crippen molar-refractivity contribution in [2.24, 2.45) is 0 Å². The van der Waals surface area contributed by atoms with Gasteiger partial charge in [0, 0.05) is 28.5 Å². The van der Waals surface area contributed by atoms with Crippen LogP contribution in [-0.2, 0) is 0 Å². The summed E-state index contributed by atoms with van der Waals surface area (Å²) in [6, 6.07) is 13.2. The number of ketones is 1. The predicted octanol–water partition coefficient (Wildman–Crippen LogP) is 4.77. The Bertz CT molecular complexity index is 645. The van der Waals surface area contributed by atoms with E-state index >= 15 is 0 Å². The molecule has 0 atom stereocenters. The highest BCUT2D eigenvalue weighted by Crippen LogP contribution is 2.14. The number of hydrogen-bond donors (Lipinski definition) is 1. The maximum absolute atomic E-state index is 12.1. The number of nitrogens with one attached hydrogen (secondary N) is 1. The second-order valence-corrected chi connectivity index (χ2v) is 5.10. The monoisotopic (exact) mass is 285 g/mol. The average molecular weight is 286 g/mol. The third-order valence-electron chi connectivity index (χ3n) is 2.99. The molecular weight excluding hydrogens is 270 g/mol. The minimum Gasteiger partial charge on any atom is -0.362 e. The maximum atomic E-state index is 12.1. The number of allylic oxidation sites excluding steroid dienone is 1. The number of benzene rings is 2. The summed E-state index contributed by atoms with van der Waals surface area (Å²) in [5.41, 5.74) is 3.69. The lowest BCUT2D eigenvalue weighted by atomic mass is 10.0. The Kier molecular flexibility index (Phi) is 4.59. The van der Waals surface area contributed by atoms with Crippen molar-refractivity contribution in [3.63, 3.8) is 0 Å². The minimum atomic E-state index is -0.00679. The molecule has 2 aromatic carbocycles. The summed E-state index contributed by atoms with van der Waals surface area (Å²) in [5.74, 6) is -0.00679. The fourth-order valence-electron chi connectivity index (χ4n) is 1.85. The van der Waals surface area contributed by atoms with Crippen molar-refractivity contribution < 1.29 is 4.79 Å². The van der Waals surface area contributed by atoms with Crippen LogP contribution in [0.3, 0.4) is 0 Å². The number of hydrogen-bond acceptors (Lipinski definition) is 2. The molecule has 2 rings (SSSR count). The summed E-state index contributed by atoms with van der Waals surface area (Å²) in [7, 11) is 0. The molecule has 2 aromatic rings. The number of aryl methyl sites for hydroxylation is 2. The van der Waals surface area contributed by atoms with E-state index in [1.54, 1.807) is 18.3 Å². The van der Waals surface area contributed by atoms with Crippen molar-refractivity contribution >= 4 is 23.1 Å². The molecule has 0 aliphatic heterocycles. The van der Waals surface area contributed by atoms with Crippen LogP contribution in [-0.4, -0.2) is 5.78 Å². The molecule has 0 saturated heterocycles. The molecular formula is C17H16ClNO. The summed E-state index contributed by atoms with van der Waals surface area (Å²) in [6.45, 7) is 3.92. The number of carbonyl (C=O) groups is 1. The molecule has 3 heteroatoms. The predicted molar refractivity (Wildman–Crippen MR) is 84.5 cm³/mol. The molecule has 0 fully saturated rings. The number of anilines is 1. The molecule has 0 saturated carbocycles. The molecule has 0 heterocycles. The van der Waals surface area contributed by atoms with Gasteiger partial charge in [-0.3, -0.25) is 4.79 Å². The molecule has 0 amide bonds. The van der Waals surface area contributed by atoms with E-state index in [2.05, 4.69) is 5.32 Å². The van der Waals surface area contributed by atoms with Crippen molar-refractivity contribution in [3.05, 3.63) is 76.5 Å². The first-order valence-electron chi connectivity index (χ1n) is 6.36. The van der Waals surface area contributed by atoms with E-state index in [-0.39, 0.29) is 5.78 Å². The van der Waals surface area contributed by atoms with Crippen LogP contribution in [0.15, 0.2) is 54.7 Å². The van der Waals surface area contributed by atoms with E-state index in [1.807, 2.05) is 44.2 Å². The van der Waals surface area contributed by atoms with Crippen molar-refractivity contribution in [1.82, 2.24) is 0 Å². The van der Waals surface area contributed by atoms with Gasteiger partial charge in [-0.15, -0.1) is 0 Å². The quantitative estimate of drug-likeness (QED) is 0.648. The molecule has 102 valence electrons. The summed E-state index contributed by atoms with van der Waals surface area (Å²) in [4.78, 5) is 12.1. The van der Waals surface area contributed by atoms with Crippen LogP contribution >= 0.6 is 11.6 Å². The molecule has 0 aliphatic rings. The zero-order chi connectivity index (χ0) is 14.5. The van der Waals surface area contributed by atoms with Gasteiger partial charge in [0.05, 0.1) is 0 Å². The Hall–Kier alpha value is -2.06. The Morgan fingerprint density at radius 1 is 1.10 bits per heavy atom. The highest BCUT2D eigenvalue weighted by molar-refractivity contribution is 6.30. The zero-order valence-electron chi connectivity index (χ0n) is 11.5. The zero-order valence-corrected chi connectivity index (χ0v) is 12.2. The minimum absolute atomic E-state index is 0.00679. The lowest BCUT2D eigenvalue weighted by Crippen LogP contribution is -1.99. The summed E-state index contributed by atoms with van der Waals surface area (Å²) in [5, 5.41) is 3.73. The lowest BCUT2D eigenvalue weighted by Gasteiger charge is -2.04. The van der Waals surface area contributed by atoms with Crippen molar-refractivity contribution in [1.29, 1.82) is 0 Å². The van der Waals surface area contributed by atoms with Gasteiger partial charge in [-0.1, -0.05) is 29.3 Å². The lowest BCUT2D eigenvalue weighted by molar-refractivity contribution is 0.104. The van der Waals surface area contributed by atoms with E-state index in [1.165, 1.54) is 6.08 Å². The molecule has 1 N–H and O–H groups in total. The van der Waals surface area contributed by atoms with Crippen LogP contribution in [0.5, 0.6) is 0 Å². The summed E-state index contributed by atoms with van der Waals surface area (Å²) < 4.78 is 0. The van der Waals surface area contributed by atoms with Gasteiger partial charge in [0.2, 0.25) is 0 Å². The fraction of sp³-hybridized carbons (Fsp3) is 0.118. The molecule has 0 unspecified atom stereocenters. The molecule has 0 aliphatic carbocycles. The van der Waals surface area contributed by atoms with E-state index in [9.17, 15) is 4.79 Å². The Morgan fingerprint density at radius 3 is 2.50 bits per heavy atom. The Balaban J connectivity index is 2.05. The third-order valence-corrected chi connectivity index (χ3v) is 3.24. The van der Waals surface area contributed by atoms with Gasteiger partial charge in [0.25, 0.3) is 0 Å². The standard InChI is InChI=1S/C17H16ClNO/c1-12-3-4-13(2)16(11-12)17(20)9-10-19-15-7-5-14(18)6-8-15/h3-11,19H,1-2H3/b10-9+. The first-order chi connectivity index (χ1) is 9.56. The van der Waals surface area contributed by atoms with E-state index in [0.29, 0.717) is 5.02 Å².